The van der Waals surface area contributed by atoms with Gasteiger partial charge in [-0.25, -0.2) is 0 Å². The Bertz CT molecular complexity index is 166. The van der Waals surface area contributed by atoms with Crippen molar-refractivity contribution < 1.29 is 4.84 Å². The molecule has 0 saturated carbocycles. The zero-order valence-corrected chi connectivity index (χ0v) is 8.61. The summed E-state index contributed by atoms with van der Waals surface area (Å²) in [5, 5.41) is 3.61. The van der Waals surface area contributed by atoms with Crippen LogP contribution in [0.5, 0.6) is 0 Å². The van der Waals surface area contributed by atoms with E-state index in [1.165, 1.54) is 0 Å². The van der Waals surface area contributed by atoms with E-state index in [2.05, 4.69) is 23.8 Å². The number of oxime groups is 1. The largest absolute Gasteiger partial charge is 0.359 e. The highest BCUT2D eigenvalue weighted by atomic mass is 127. The number of halogens is 1. The molecule has 0 N–H and O–H groups in total. The van der Waals surface area contributed by atoms with Gasteiger partial charge in [0.05, 0.1) is 6.20 Å². The molecule has 0 rings (SSSR count). The van der Waals surface area contributed by atoms with Crippen LogP contribution in [0.1, 0.15) is 19.8 Å². The number of nitrogens with zero attached hydrogens (tertiary/aromatic N) is 2. The first-order valence-electron chi connectivity index (χ1n) is 3.29. The minimum absolute atomic E-state index is 0.746. The molecular formula is C7H11IN2O. The molecule has 0 fully saturated rings. The molecule has 0 aliphatic heterocycles. The Balaban J connectivity index is 3.88. The molecule has 0 atom stereocenters. The highest BCUT2D eigenvalue weighted by molar-refractivity contribution is 14.1. The van der Waals surface area contributed by atoms with E-state index in [0.717, 1.165) is 18.6 Å². The summed E-state index contributed by atoms with van der Waals surface area (Å²) in [4.78, 5) is 8.56. The van der Waals surface area contributed by atoms with Crippen LogP contribution in [0.25, 0.3) is 0 Å². The first-order chi connectivity index (χ1) is 5.35. The van der Waals surface area contributed by atoms with Gasteiger partial charge in [-0.2, -0.15) is 0 Å². The fraction of sp³-hybridized carbons (Fsp3) is 0.429. The summed E-state index contributed by atoms with van der Waals surface area (Å²) in [5.41, 5.74) is 0. The summed E-state index contributed by atoms with van der Waals surface area (Å²) in [7, 11) is 0. The molecular weight excluding hydrogens is 255 g/mol. The summed E-state index contributed by atoms with van der Waals surface area (Å²) in [6.45, 7) is 5.39. The molecule has 0 bridgehead atoms. The fourth-order valence-electron chi connectivity index (χ4n) is 0.570. The lowest BCUT2D eigenvalue weighted by Crippen LogP contribution is -1.84. The van der Waals surface area contributed by atoms with E-state index < -0.39 is 0 Å². The lowest BCUT2D eigenvalue weighted by molar-refractivity contribution is 0.218. The number of aliphatic imine (C=N–C) groups is 1. The molecule has 0 spiro atoms. The quantitative estimate of drug-likeness (QED) is 0.326. The average Bonchev–Trinajstić information content (AvgIpc) is 2.01. The van der Waals surface area contributed by atoms with Crippen molar-refractivity contribution in [2.24, 2.45) is 10.1 Å². The second-order valence-corrected chi connectivity index (χ2v) is 2.38. The van der Waals surface area contributed by atoms with Crippen LogP contribution in [-0.4, -0.2) is 10.9 Å². The molecule has 0 radical (unpaired) electrons. The molecule has 0 amide bonds. The smallest absolute Gasteiger partial charge is 0.153 e. The summed E-state index contributed by atoms with van der Waals surface area (Å²) < 4.78 is 1.56. The van der Waals surface area contributed by atoms with Gasteiger partial charge in [-0.3, -0.25) is 4.99 Å². The number of rotatable bonds is 5. The van der Waals surface area contributed by atoms with Crippen molar-refractivity contribution in [2.45, 2.75) is 19.8 Å². The SMILES string of the molecule is C=N/C=C(/CCC)O/N=C/I. The normalized spacial score (nSPS) is 12.0. The van der Waals surface area contributed by atoms with Crippen molar-refractivity contribution >= 4 is 33.5 Å². The Morgan fingerprint density at radius 2 is 2.45 bits per heavy atom. The van der Waals surface area contributed by atoms with Crippen LogP contribution in [0.4, 0.5) is 0 Å². The summed E-state index contributed by atoms with van der Waals surface area (Å²) in [6, 6.07) is 0. The van der Waals surface area contributed by atoms with Crippen molar-refractivity contribution in [3.63, 3.8) is 0 Å². The van der Waals surface area contributed by atoms with E-state index in [1.54, 1.807) is 10.4 Å². The third-order valence-electron chi connectivity index (χ3n) is 0.941. The molecule has 0 aromatic rings. The van der Waals surface area contributed by atoms with Gasteiger partial charge in [0.1, 0.15) is 4.22 Å². The third kappa shape index (κ3) is 6.03. The van der Waals surface area contributed by atoms with E-state index in [-0.39, 0.29) is 0 Å². The van der Waals surface area contributed by atoms with Crippen LogP contribution in [0.15, 0.2) is 22.1 Å². The standard InChI is InChI=1S/C7H11IN2O/c1-3-4-7(5-9-2)11-10-6-8/h5-6H,2-4H2,1H3/b7-5-,10-6+. The first kappa shape index (κ1) is 10.6. The maximum absolute atomic E-state index is 4.96. The maximum atomic E-state index is 4.96. The minimum Gasteiger partial charge on any atom is -0.359 e. The minimum atomic E-state index is 0.746. The lowest BCUT2D eigenvalue weighted by Gasteiger charge is -1.99. The van der Waals surface area contributed by atoms with Crippen LogP contribution in [0.2, 0.25) is 0 Å². The van der Waals surface area contributed by atoms with Crippen molar-refractivity contribution in [2.75, 3.05) is 0 Å². The van der Waals surface area contributed by atoms with E-state index in [1.807, 2.05) is 22.6 Å². The zero-order valence-electron chi connectivity index (χ0n) is 6.46. The Kier molecular flexibility index (Phi) is 7.44. The van der Waals surface area contributed by atoms with Crippen LogP contribution in [0.3, 0.4) is 0 Å². The average molecular weight is 266 g/mol. The summed E-state index contributed by atoms with van der Waals surface area (Å²) >= 11 is 1.99. The third-order valence-corrected chi connectivity index (χ3v) is 1.17. The summed E-state index contributed by atoms with van der Waals surface area (Å²) in [6.07, 6.45) is 3.43. The predicted octanol–water partition coefficient (Wildman–Crippen LogP) is 2.72. The first-order valence-corrected chi connectivity index (χ1v) is 4.53. The highest BCUT2D eigenvalue weighted by Crippen LogP contribution is 2.06. The predicted molar refractivity (Wildman–Crippen MR) is 56.1 cm³/mol. The zero-order chi connectivity index (χ0) is 8.53. The lowest BCUT2D eigenvalue weighted by atomic mass is 10.3. The Labute approximate surface area is 80.4 Å². The Morgan fingerprint density at radius 1 is 1.73 bits per heavy atom. The van der Waals surface area contributed by atoms with Gasteiger partial charge in [0.2, 0.25) is 0 Å². The second-order valence-electron chi connectivity index (χ2n) is 1.82. The number of allylic oxidation sites excluding steroid dienone is 1. The van der Waals surface area contributed by atoms with Crippen molar-refractivity contribution in [1.29, 1.82) is 0 Å². The number of hydrogen-bond acceptors (Lipinski definition) is 3. The van der Waals surface area contributed by atoms with E-state index in [9.17, 15) is 0 Å². The molecule has 0 aliphatic carbocycles. The van der Waals surface area contributed by atoms with Crippen LogP contribution in [0, 0.1) is 0 Å². The monoisotopic (exact) mass is 266 g/mol. The van der Waals surface area contributed by atoms with Gasteiger partial charge < -0.3 is 4.84 Å². The molecule has 0 unspecified atom stereocenters. The van der Waals surface area contributed by atoms with E-state index in [4.69, 9.17) is 4.84 Å². The summed E-state index contributed by atoms with van der Waals surface area (Å²) in [5.74, 6) is 0.746. The van der Waals surface area contributed by atoms with E-state index >= 15 is 0 Å². The van der Waals surface area contributed by atoms with E-state index in [0.29, 0.717) is 0 Å². The van der Waals surface area contributed by atoms with Crippen molar-refractivity contribution in [3.8, 4) is 0 Å². The molecule has 11 heavy (non-hydrogen) atoms. The second kappa shape index (κ2) is 7.71. The Hall–Kier alpha value is -0.390. The van der Waals surface area contributed by atoms with Gasteiger partial charge >= 0.3 is 0 Å². The van der Waals surface area contributed by atoms with Crippen molar-refractivity contribution in [3.05, 3.63) is 12.0 Å². The van der Waals surface area contributed by atoms with Crippen molar-refractivity contribution in [1.82, 2.24) is 0 Å². The Morgan fingerprint density at radius 3 is 2.91 bits per heavy atom. The number of hydrogen-bond donors (Lipinski definition) is 0. The van der Waals surface area contributed by atoms with Crippen LogP contribution >= 0.6 is 22.6 Å². The molecule has 0 aliphatic rings. The molecule has 3 nitrogen and oxygen atoms in total. The van der Waals surface area contributed by atoms with Gasteiger partial charge in [-0.1, -0.05) is 12.1 Å². The van der Waals surface area contributed by atoms with Gasteiger partial charge in [0.25, 0.3) is 0 Å². The molecule has 4 heteroatoms. The molecule has 0 heterocycles. The van der Waals surface area contributed by atoms with Crippen LogP contribution in [-0.2, 0) is 4.84 Å². The van der Waals surface area contributed by atoms with Gasteiger partial charge in [-0.05, 0) is 35.7 Å². The highest BCUT2D eigenvalue weighted by Gasteiger charge is 1.93. The maximum Gasteiger partial charge on any atom is 0.153 e. The molecule has 0 aromatic heterocycles. The fourth-order valence-corrected chi connectivity index (χ4v) is 0.683. The molecule has 62 valence electrons. The van der Waals surface area contributed by atoms with Crippen LogP contribution < -0.4 is 0 Å². The molecule has 0 saturated heterocycles. The molecule has 0 aromatic carbocycles. The topological polar surface area (TPSA) is 34.0 Å². The van der Waals surface area contributed by atoms with Gasteiger partial charge in [0.15, 0.2) is 5.76 Å². The van der Waals surface area contributed by atoms with Gasteiger partial charge in [0, 0.05) is 6.42 Å². The van der Waals surface area contributed by atoms with Gasteiger partial charge in [-0.15, -0.1) is 0 Å².